The first kappa shape index (κ1) is 18.4. The maximum absolute atomic E-state index is 12.3. The highest BCUT2D eigenvalue weighted by Crippen LogP contribution is 2.18. The normalized spacial score (nSPS) is 12.7. The van der Waals surface area contributed by atoms with Gasteiger partial charge < -0.3 is 15.3 Å². The Morgan fingerprint density at radius 1 is 1.25 bits per heavy atom. The van der Waals surface area contributed by atoms with Crippen LogP contribution in [0.25, 0.3) is 0 Å². The van der Waals surface area contributed by atoms with Crippen molar-refractivity contribution in [3.05, 3.63) is 0 Å². The third-order valence-corrected chi connectivity index (χ3v) is 2.82. The molecule has 1 atom stereocenters. The summed E-state index contributed by atoms with van der Waals surface area (Å²) in [5, 5.41) is 11.6. The third kappa shape index (κ3) is 7.11. The molecule has 0 aliphatic carbocycles. The van der Waals surface area contributed by atoms with Gasteiger partial charge in [0.2, 0.25) is 11.8 Å². The number of hydrogen-bond acceptors (Lipinski definition) is 3. The number of rotatable bonds is 7. The van der Waals surface area contributed by atoms with Crippen LogP contribution in [0.15, 0.2) is 0 Å². The summed E-state index contributed by atoms with van der Waals surface area (Å²) in [4.78, 5) is 35.6. The predicted molar refractivity (Wildman–Crippen MR) is 76.1 cm³/mol. The summed E-state index contributed by atoms with van der Waals surface area (Å²) in [6.07, 6.45) is 0.605. The van der Waals surface area contributed by atoms with Gasteiger partial charge in [-0.1, -0.05) is 27.7 Å². The maximum atomic E-state index is 12.3. The van der Waals surface area contributed by atoms with E-state index in [2.05, 4.69) is 5.32 Å². The minimum atomic E-state index is -0.918. The fourth-order valence-corrected chi connectivity index (χ4v) is 1.69. The summed E-state index contributed by atoms with van der Waals surface area (Å²) in [6.45, 7) is 9.54. The standard InChI is InChI=1S/C14H26N2O4/c1-10(12(18)19)9-16(13(20)14(3,4)5)8-6-7-15-11(2)17/h10H,6-9H2,1-5H3,(H,15,17)(H,18,19). The van der Waals surface area contributed by atoms with Crippen LogP contribution in [0.5, 0.6) is 0 Å². The van der Waals surface area contributed by atoms with Gasteiger partial charge in [0.05, 0.1) is 5.92 Å². The zero-order valence-corrected chi connectivity index (χ0v) is 13.0. The molecule has 0 heterocycles. The molecular weight excluding hydrogens is 260 g/mol. The van der Waals surface area contributed by atoms with E-state index in [1.54, 1.807) is 11.8 Å². The van der Waals surface area contributed by atoms with Crippen LogP contribution < -0.4 is 5.32 Å². The van der Waals surface area contributed by atoms with E-state index < -0.39 is 17.3 Å². The quantitative estimate of drug-likeness (QED) is 0.686. The lowest BCUT2D eigenvalue weighted by Crippen LogP contribution is -2.44. The van der Waals surface area contributed by atoms with Crippen LogP contribution in [-0.2, 0) is 14.4 Å². The third-order valence-electron chi connectivity index (χ3n) is 2.82. The largest absolute Gasteiger partial charge is 0.481 e. The molecule has 0 radical (unpaired) electrons. The van der Waals surface area contributed by atoms with Crippen molar-refractivity contribution in [2.75, 3.05) is 19.6 Å². The van der Waals surface area contributed by atoms with Gasteiger partial charge in [-0.25, -0.2) is 0 Å². The highest BCUT2D eigenvalue weighted by Gasteiger charge is 2.29. The molecule has 0 aliphatic heterocycles. The molecule has 116 valence electrons. The SMILES string of the molecule is CC(=O)NCCCN(CC(C)C(=O)O)C(=O)C(C)(C)C. The van der Waals surface area contributed by atoms with Crippen molar-refractivity contribution in [1.82, 2.24) is 10.2 Å². The minimum Gasteiger partial charge on any atom is -0.481 e. The molecule has 20 heavy (non-hydrogen) atoms. The van der Waals surface area contributed by atoms with Crippen molar-refractivity contribution in [3.8, 4) is 0 Å². The minimum absolute atomic E-state index is 0.0755. The summed E-state index contributed by atoms with van der Waals surface area (Å²) in [5.74, 6) is -1.72. The molecule has 0 saturated carbocycles. The molecular formula is C14H26N2O4. The highest BCUT2D eigenvalue weighted by atomic mass is 16.4. The number of carboxylic acids is 1. The number of carboxylic acid groups (broad SMARTS) is 1. The zero-order valence-electron chi connectivity index (χ0n) is 13.0. The van der Waals surface area contributed by atoms with Gasteiger partial charge in [0.25, 0.3) is 0 Å². The van der Waals surface area contributed by atoms with Crippen molar-refractivity contribution in [2.24, 2.45) is 11.3 Å². The van der Waals surface area contributed by atoms with Crippen molar-refractivity contribution < 1.29 is 19.5 Å². The Balaban J connectivity index is 4.59. The molecule has 6 nitrogen and oxygen atoms in total. The van der Waals surface area contributed by atoms with Gasteiger partial charge in [0, 0.05) is 32.0 Å². The highest BCUT2D eigenvalue weighted by molar-refractivity contribution is 5.82. The summed E-state index contributed by atoms with van der Waals surface area (Å²) in [7, 11) is 0. The van der Waals surface area contributed by atoms with Crippen LogP contribution in [0.4, 0.5) is 0 Å². The molecule has 1 unspecified atom stereocenters. The van der Waals surface area contributed by atoms with Gasteiger partial charge >= 0.3 is 5.97 Å². The number of nitrogens with one attached hydrogen (secondary N) is 1. The molecule has 0 aromatic carbocycles. The Hall–Kier alpha value is -1.59. The van der Waals surface area contributed by atoms with Gasteiger partial charge in [-0.15, -0.1) is 0 Å². The van der Waals surface area contributed by atoms with E-state index >= 15 is 0 Å². The molecule has 0 bridgehead atoms. The molecule has 2 N–H and O–H groups in total. The van der Waals surface area contributed by atoms with Crippen LogP contribution in [0, 0.1) is 11.3 Å². The van der Waals surface area contributed by atoms with Crippen LogP contribution in [0.3, 0.4) is 0 Å². The van der Waals surface area contributed by atoms with E-state index in [9.17, 15) is 14.4 Å². The predicted octanol–water partition coefficient (Wildman–Crippen LogP) is 1.11. The Morgan fingerprint density at radius 2 is 1.80 bits per heavy atom. The molecule has 2 amide bonds. The Labute approximate surface area is 120 Å². The monoisotopic (exact) mass is 286 g/mol. The first-order valence-electron chi connectivity index (χ1n) is 6.82. The van der Waals surface area contributed by atoms with Crippen molar-refractivity contribution in [2.45, 2.75) is 41.0 Å². The van der Waals surface area contributed by atoms with Gasteiger partial charge in [-0.2, -0.15) is 0 Å². The summed E-state index contributed by atoms with van der Waals surface area (Å²) in [5.41, 5.74) is -0.549. The van der Waals surface area contributed by atoms with Crippen LogP contribution in [0.2, 0.25) is 0 Å². The Bertz CT molecular complexity index is 361. The first-order chi connectivity index (χ1) is 9.05. The topological polar surface area (TPSA) is 86.7 Å². The zero-order chi connectivity index (χ0) is 15.9. The number of aliphatic carboxylic acids is 1. The average molecular weight is 286 g/mol. The van der Waals surface area contributed by atoms with Crippen molar-refractivity contribution >= 4 is 17.8 Å². The van der Waals surface area contributed by atoms with E-state index in [-0.39, 0.29) is 18.4 Å². The van der Waals surface area contributed by atoms with E-state index in [4.69, 9.17) is 5.11 Å². The fraction of sp³-hybridized carbons (Fsp3) is 0.786. The molecule has 0 rings (SSSR count). The molecule has 0 saturated heterocycles. The van der Waals surface area contributed by atoms with Crippen LogP contribution in [0.1, 0.15) is 41.0 Å². The van der Waals surface area contributed by atoms with Gasteiger partial charge in [0.1, 0.15) is 0 Å². The summed E-state index contributed by atoms with van der Waals surface area (Å²) in [6, 6.07) is 0. The lowest BCUT2D eigenvalue weighted by molar-refractivity contribution is -0.145. The van der Waals surface area contributed by atoms with Crippen molar-refractivity contribution in [3.63, 3.8) is 0 Å². The number of amides is 2. The number of carbonyl (C=O) groups excluding carboxylic acids is 2. The molecule has 0 aromatic rings. The van der Waals surface area contributed by atoms with Gasteiger partial charge in [-0.3, -0.25) is 14.4 Å². The lowest BCUT2D eigenvalue weighted by Gasteiger charge is -2.30. The van der Waals surface area contributed by atoms with Crippen LogP contribution >= 0.6 is 0 Å². The fourth-order valence-electron chi connectivity index (χ4n) is 1.69. The first-order valence-corrected chi connectivity index (χ1v) is 6.82. The number of nitrogens with zero attached hydrogens (tertiary/aromatic N) is 1. The lowest BCUT2D eigenvalue weighted by atomic mass is 9.94. The second kappa shape index (κ2) is 7.87. The molecule has 6 heteroatoms. The summed E-state index contributed by atoms with van der Waals surface area (Å²) < 4.78 is 0. The molecule has 0 aromatic heterocycles. The van der Waals surface area contributed by atoms with E-state index in [0.29, 0.717) is 19.5 Å². The van der Waals surface area contributed by atoms with E-state index in [1.165, 1.54) is 6.92 Å². The smallest absolute Gasteiger partial charge is 0.308 e. The van der Waals surface area contributed by atoms with E-state index in [1.807, 2.05) is 20.8 Å². The summed E-state index contributed by atoms with van der Waals surface area (Å²) >= 11 is 0. The Kier molecular flexibility index (Phi) is 7.24. The van der Waals surface area contributed by atoms with Gasteiger partial charge in [0.15, 0.2) is 0 Å². The average Bonchev–Trinajstić information content (AvgIpc) is 2.30. The number of hydrogen-bond donors (Lipinski definition) is 2. The number of carbonyl (C=O) groups is 3. The maximum Gasteiger partial charge on any atom is 0.308 e. The van der Waals surface area contributed by atoms with Crippen LogP contribution in [-0.4, -0.2) is 47.4 Å². The molecule has 0 aliphatic rings. The van der Waals surface area contributed by atoms with Gasteiger partial charge in [-0.05, 0) is 6.42 Å². The molecule has 0 spiro atoms. The second-order valence-corrected chi connectivity index (χ2v) is 6.08. The van der Waals surface area contributed by atoms with Crippen molar-refractivity contribution in [1.29, 1.82) is 0 Å². The second-order valence-electron chi connectivity index (χ2n) is 6.08. The Morgan fingerprint density at radius 3 is 2.20 bits per heavy atom. The van der Waals surface area contributed by atoms with E-state index in [0.717, 1.165) is 0 Å². The molecule has 0 fully saturated rings.